The fourth-order valence-electron chi connectivity index (χ4n) is 6.15. The van der Waals surface area contributed by atoms with Crippen molar-refractivity contribution in [2.24, 2.45) is 11.8 Å². The molecule has 3 amide bonds. The van der Waals surface area contributed by atoms with Crippen LogP contribution in [0.1, 0.15) is 25.8 Å². The van der Waals surface area contributed by atoms with Gasteiger partial charge in [-0.3, -0.25) is 14.4 Å². The molecule has 5 rings (SSSR count). The fourth-order valence-corrected chi connectivity index (χ4v) is 8.15. The highest BCUT2D eigenvalue weighted by atomic mass is 32.2. The molecular formula is C27H33N3O4S. The van der Waals surface area contributed by atoms with Crippen molar-refractivity contribution in [1.29, 1.82) is 0 Å². The average molecular weight is 496 g/mol. The van der Waals surface area contributed by atoms with Gasteiger partial charge in [0.1, 0.15) is 6.04 Å². The highest BCUT2D eigenvalue weighted by Crippen LogP contribution is 2.61. The molecule has 0 aliphatic carbocycles. The Morgan fingerprint density at radius 2 is 1.80 bits per heavy atom. The van der Waals surface area contributed by atoms with E-state index in [0.717, 1.165) is 12.0 Å². The molecule has 186 valence electrons. The smallest absolute Gasteiger partial charge is 0.247 e. The van der Waals surface area contributed by atoms with E-state index >= 15 is 0 Å². The number of aliphatic hydroxyl groups is 1. The monoisotopic (exact) mass is 495 g/mol. The average Bonchev–Trinajstić information content (AvgIpc) is 3.19. The number of fused-ring (bicyclic) bond motifs is 2. The van der Waals surface area contributed by atoms with Gasteiger partial charge in [0.2, 0.25) is 17.7 Å². The van der Waals surface area contributed by atoms with Gasteiger partial charge < -0.3 is 19.8 Å². The summed E-state index contributed by atoms with van der Waals surface area (Å²) in [7, 11) is 0. The summed E-state index contributed by atoms with van der Waals surface area (Å²) in [6, 6.07) is 8.54. The van der Waals surface area contributed by atoms with E-state index in [4.69, 9.17) is 0 Å². The molecule has 1 unspecified atom stereocenters. The van der Waals surface area contributed by atoms with Gasteiger partial charge in [-0.1, -0.05) is 61.6 Å². The first-order valence-corrected chi connectivity index (χ1v) is 13.4. The Bertz CT molecular complexity index is 1060. The van der Waals surface area contributed by atoms with Crippen molar-refractivity contribution < 1.29 is 19.5 Å². The number of hydrogen-bond acceptors (Lipinski definition) is 5. The molecule has 0 aromatic heterocycles. The van der Waals surface area contributed by atoms with E-state index in [1.807, 2.05) is 60.4 Å². The van der Waals surface area contributed by atoms with Gasteiger partial charge in [-0.25, -0.2) is 0 Å². The van der Waals surface area contributed by atoms with Crippen molar-refractivity contribution in [3.8, 4) is 0 Å². The second kappa shape index (κ2) is 9.47. The Hall–Kier alpha value is -2.58. The first-order valence-electron chi connectivity index (χ1n) is 12.5. The number of benzene rings is 1. The highest BCUT2D eigenvalue weighted by molar-refractivity contribution is 8.02. The number of amides is 3. The first-order chi connectivity index (χ1) is 16.9. The van der Waals surface area contributed by atoms with E-state index in [9.17, 15) is 19.5 Å². The number of aliphatic hydroxyl groups excluding tert-OH is 1. The van der Waals surface area contributed by atoms with Crippen LogP contribution < -0.4 is 0 Å². The number of rotatable bonds is 6. The summed E-state index contributed by atoms with van der Waals surface area (Å²) >= 11 is 1.58. The van der Waals surface area contributed by atoms with Crippen molar-refractivity contribution in [1.82, 2.24) is 14.7 Å². The minimum atomic E-state index is -0.840. The molecule has 0 saturated carbocycles. The summed E-state index contributed by atoms with van der Waals surface area (Å²) in [5, 5.41) is 9.87. The van der Waals surface area contributed by atoms with Crippen LogP contribution in [0.5, 0.6) is 0 Å². The zero-order valence-electron chi connectivity index (χ0n) is 20.2. The van der Waals surface area contributed by atoms with Gasteiger partial charge in [-0.2, -0.15) is 0 Å². The molecule has 35 heavy (non-hydrogen) atoms. The lowest BCUT2D eigenvalue weighted by Gasteiger charge is -2.37. The van der Waals surface area contributed by atoms with Crippen LogP contribution in [0, 0.1) is 11.8 Å². The summed E-state index contributed by atoms with van der Waals surface area (Å²) in [5.41, 5.74) is 1.02. The molecular weight excluding hydrogens is 462 g/mol. The third-order valence-electron chi connectivity index (χ3n) is 7.71. The Morgan fingerprint density at radius 1 is 1.06 bits per heavy atom. The lowest BCUT2D eigenvalue weighted by molar-refractivity contribution is -0.146. The van der Waals surface area contributed by atoms with E-state index in [-0.39, 0.29) is 29.6 Å². The summed E-state index contributed by atoms with van der Waals surface area (Å²) in [6.07, 6.45) is 8.95. The number of nitrogens with zero attached hydrogens (tertiary/aromatic N) is 3. The minimum absolute atomic E-state index is 0.00642. The quantitative estimate of drug-likeness (QED) is 0.611. The fraction of sp³-hybridized carbons (Fsp3) is 0.519. The third kappa shape index (κ3) is 3.82. The molecule has 2 fully saturated rings. The number of likely N-dealkylation sites (tertiary alicyclic amines) is 1. The number of carbonyl (C=O) groups is 3. The van der Waals surface area contributed by atoms with Crippen molar-refractivity contribution in [3.05, 3.63) is 60.2 Å². The van der Waals surface area contributed by atoms with Gasteiger partial charge in [0.15, 0.2) is 0 Å². The van der Waals surface area contributed by atoms with E-state index in [0.29, 0.717) is 26.2 Å². The zero-order chi connectivity index (χ0) is 24.7. The molecule has 0 radical (unpaired) electrons. The molecule has 4 aliphatic heterocycles. The molecule has 0 bridgehead atoms. The summed E-state index contributed by atoms with van der Waals surface area (Å²) in [6.45, 7) is 5.65. The predicted molar refractivity (Wildman–Crippen MR) is 135 cm³/mol. The molecule has 1 aromatic rings. The summed E-state index contributed by atoms with van der Waals surface area (Å²) < 4.78 is -0.840. The first kappa shape index (κ1) is 24.1. The molecule has 1 N–H and O–H groups in total. The normalized spacial score (nSPS) is 32.9. The van der Waals surface area contributed by atoms with Crippen LogP contribution in [0.2, 0.25) is 0 Å². The van der Waals surface area contributed by atoms with Crippen LogP contribution in [-0.4, -0.2) is 85.8 Å². The molecule has 7 nitrogen and oxygen atoms in total. The van der Waals surface area contributed by atoms with Gasteiger partial charge in [0.05, 0.1) is 29.2 Å². The molecule has 4 heterocycles. The lowest BCUT2D eigenvalue weighted by Crippen LogP contribution is -2.55. The molecule has 2 saturated heterocycles. The van der Waals surface area contributed by atoms with Crippen LogP contribution in [-0.2, 0) is 20.9 Å². The van der Waals surface area contributed by atoms with Crippen LogP contribution in [0.15, 0.2) is 54.6 Å². The van der Waals surface area contributed by atoms with E-state index in [1.54, 1.807) is 28.5 Å². The van der Waals surface area contributed by atoms with Crippen LogP contribution in [0.25, 0.3) is 0 Å². The maximum Gasteiger partial charge on any atom is 0.247 e. The molecule has 4 aliphatic rings. The van der Waals surface area contributed by atoms with Crippen LogP contribution in [0.3, 0.4) is 0 Å². The van der Waals surface area contributed by atoms with Gasteiger partial charge in [0, 0.05) is 31.4 Å². The zero-order valence-corrected chi connectivity index (χ0v) is 21.1. The second-order valence-corrected chi connectivity index (χ2v) is 11.4. The van der Waals surface area contributed by atoms with Gasteiger partial charge >= 0.3 is 0 Å². The summed E-state index contributed by atoms with van der Waals surface area (Å²) in [5.74, 6) is -1.48. The van der Waals surface area contributed by atoms with Crippen molar-refractivity contribution in [2.75, 3.05) is 26.2 Å². The Kier molecular flexibility index (Phi) is 6.53. The SMILES string of the molecule is CCCN1CC=C[C@@H]2S[C@]34C=CCN(Cc5ccccc5)C(=O)C3N([C@H](C)CO)C(=O)[C@@H]4[C@@H]2C1=O. The van der Waals surface area contributed by atoms with E-state index < -0.39 is 28.7 Å². The summed E-state index contributed by atoms with van der Waals surface area (Å²) in [4.78, 5) is 47.1. The van der Waals surface area contributed by atoms with Gasteiger partial charge in [0.25, 0.3) is 0 Å². The maximum atomic E-state index is 14.2. The molecule has 6 atom stereocenters. The van der Waals surface area contributed by atoms with Crippen molar-refractivity contribution >= 4 is 29.5 Å². The number of hydrogen-bond donors (Lipinski definition) is 1. The van der Waals surface area contributed by atoms with Crippen LogP contribution >= 0.6 is 11.8 Å². The largest absolute Gasteiger partial charge is 0.394 e. The van der Waals surface area contributed by atoms with Crippen molar-refractivity contribution in [3.63, 3.8) is 0 Å². The highest BCUT2D eigenvalue weighted by Gasteiger charge is 2.71. The topological polar surface area (TPSA) is 81.2 Å². The minimum Gasteiger partial charge on any atom is -0.394 e. The van der Waals surface area contributed by atoms with E-state index in [2.05, 4.69) is 6.08 Å². The van der Waals surface area contributed by atoms with Gasteiger partial charge in [-0.05, 0) is 18.9 Å². The molecule has 1 spiro atoms. The van der Waals surface area contributed by atoms with Gasteiger partial charge in [-0.15, -0.1) is 11.8 Å². The Morgan fingerprint density at radius 3 is 2.51 bits per heavy atom. The van der Waals surface area contributed by atoms with E-state index in [1.165, 1.54) is 0 Å². The maximum absolute atomic E-state index is 14.2. The third-order valence-corrected chi connectivity index (χ3v) is 9.46. The standard InChI is InChI=1S/C27H33N3O4S/c1-3-13-28-14-7-11-20-21(24(28)32)22-25(33)30(18(2)17-31)23-26(34)29(15-8-12-27(22,23)35-20)16-19-9-5-4-6-10-19/h4-12,18,20-23,31H,3,13-17H2,1-2H3/t18-,20+,21-,22+,23?,27+/m1/s1. The lowest BCUT2D eigenvalue weighted by atomic mass is 9.78. The molecule has 1 aromatic carbocycles. The van der Waals surface area contributed by atoms with Crippen molar-refractivity contribution in [2.45, 2.75) is 48.9 Å². The predicted octanol–water partition coefficient (Wildman–Crippen LogP) is 2.07. The number of carbonyl (C=O) groups excluding carboxylic acids is 3. The Balaban J connectivity index is 1.57. The Labute approximate surface area is 210 Å². The number of thioether (sulfide) groups is 1. The molecule has 8 heteroatoms. The van der Waals surface area contributed by atoms with Crippen LogP contribution in [0.4, 0.5) is 0 Å². The second-order valence-electron chi connectivity index (χ2n) is 9.94.